The first kappa shape index (κ1) is 29.0. The maximum atomic E-state index is 13.5. The number of benzene rings is 3. The van der Waals surface area contributed by atoms with Crippen LogP contribution in [0.3, 0.4) is 0 Å². The SMILES string of the molecule is CC(=O)N1CCN(CCCOc2ccc(C3c4[nH]c5ccc(Cl)cc5c4CCN3C(=O)Oc3ccc(F)cc3)cc2)CC1. The largest absolute Gasteiger partial charge is 0.494 e. The van der Waals surface area contributed by atoms with Crippen LogP contribution in [0.15, 0.2) is 66.7 Å². The molecule has 1 atom stereocenters. The van der Waals surface area contributed by atoms with Gasteiger partial charge in [-0.05, 0) is 78.6 Å². The fraction of sp³-hybridized carbons (Fsp3) is 0.333. The van der Waals surface area contributed by atoms with Crippen molar-refractivity contribution in [3.8, 4) is 11.5 Å². The normalized spacial score (nSPS) is 17.1. The topological polar surface area (TPSA) is 78.1 Å². The molecule has 3 heterocycles. The molecule has 224 valence electrons. The van der Waals surface area contributed by atoms with Crippen molar-refractivity contribution in [2.45, 2.75) is 25.8 Å². The van der Waals surface area contributed by atoms with E-state index in [1.54, 1.807) is 11.8 Å². The van der Waals surface area contributed by atoms with Crippen molar-refractivity contribution in [1.82, 2.24) is 19.7 Å². The zero-order valence-corrected chi connectivity index (χ0v) is 24.8. The number of halogens is 2. The van der Waals surface area contributed by atoms with Gasteiger partial charge in [0.15, 0.2) is 0 Å². The van der Waals surface area contributed by atoms with E-state index in [2.05, 4.69) is 9.88 Å². The van der Waals surface area contributed by atoms with Crippen LogP contribution in [0.1, 0.15) is 36.2 Å². The molecule has 3 aromatic carbocycles. The number of nitrogens with one attached hydrogen (secondary N) is 1. The Kier molecular flexibility index (Phi) is 8.54. The lowest BCUT2D eigenvalue weighted by molar-refractivity contribution is -0.130. The van der Waals surface area contributed by atoms with Gasteiger partial charge in [-0.1, -0.05) is 23.7 Å². The van der Waals surface area contributed by atoms with E-state index in [9.17, 15) is 14.0 Å². The molecule has 8 nitrogen and oxygen atoms in total. The summed E-state index contributed by atoms with van der Waals surface area (Å²) >= 11 is 6.33. The summed E-state index contributed by atoms with van der Waals surface area (Å²) in [7, 11) is 0. The maximum absolute atomic E-state index is 13.5. The predicted molar refractivity (Wildman–Crippen MR) is 163 cm³/mol. The number of amides is 2. The Hall–Kier alpha value is -4.08. The molecule has 1 unspecified atom stereocenters. The molecule has 1 fully saturated rings. The zero-order chi connectivity index (χ0) is 29.9. The molecular formula is C33H34ClFN4O4. The van der Waals surface area contributed by atoms with E-state index in [1.165, 1.54) is 24.3 Å². The molecule has 2 aliphatic rings. The summed E-state index contributed by atoms with van der Waals surface area (Å²) in [5.74, 6) is 0.776. The van der Waals surface area contributed by atoms with Crippen LogP contribution in [0.2, 0.25) is 5.02 Å². The fourth-order valence-electron chi connectivity index (χ4n) is 5.98. The van der Waals surface area contributed by atoms with Gasteiger partial charge in [0.25, 0.3) is 0 Å². The van der Waals surface area contributed by atoms with E-state index in [0.717, 1.165) is 72.6 Å². The Morgan fingerprint density at radius 1 is 0.953 bits per heavy atom. The average molecular weight is 605 g/mol. The summed E-state index contributed by atoms with van der Waals surface area (Å²) in [6.45, 7) is 6.89. The molecular weight excluding hydrogens is 571 g/mol. The van der Waals surface area contributed by atoms with Crippen molar-refractivity contribution in [1.29, 1.82) is 0 Å². The number of piperazine rings is 1. The van der Waals surface area contributed by atoms with Gasteiger partial charge in [0.1, 0.15) is 23.4 Å². The first-order chi connectivity index (χ1) is 20.9. The third kappa shape index (κ3) is 6.48. The van der Waals surface area contributed by atoms with Crippen LogP contribution in [0.4, 0.5) is 9.18 Å². The number of ether oxygens (including phenoxy) is 2. The molecule has 1 N–H and O–H groups in total. The summed E-state index contributed by atoms with van der Waals surface area (Å²) < 4.78 is 25.1. The van der Waals surface area contributed by atoms with Crippen molar-refractivity contribution in [2.75, 3.05) is 45.9 Å². The number of H-pyrrole nitrogens is 1. The summed E-state index contributed by atoms with van der Waals surface area (Å²) in [6, 6.07) is 18.6. The van der Waals surface area contributed by atoms with Gasteiger partial charge in [-0.15, -0.1) is 0 Å². The summed E-state index contributed by atoms with van der Waals surface area (Å²) in [6.07, 6.45) is 1.01. The van der Waals surface area contributed by atoms with Crippen LogP contribution >= 0.6 is 11.6 Å². The van der Waals surface area contributed by atoms with Crippen molar-refractivity contribution in [3.05, 3.63) is 94.4 Å². The second-order valence-corrected chi connectivity index (χ2v) is 11.4. The van der Waals surface area contributed by atoms with Crippen molar-refractivity contribution >= 4 is 34.5 Å². The molecule has 0 saturated carbocycles. The summed E-state index contributed by atoms with van der Waals surface area (Å²) in [5, 5.41) is 1.70. The van der Waals surface area contributed by atoms with E-state index in [4.69, 9.17) is 21.1 Å². The highest BCUT2D eigenvalue weighted by atomic mass is 35.5. The van der Waals surface area contributed by atoms with Crippen LogP contribution in [0, 0.1) is 5.82 Å². The Morgan fingerprint density at radius 2 is 1.67 bits per heavy atom. The van der Waals surface area contributed by atoms with Crippen LogP contribution in [-0.4, -0.2) is 77.6 Å². The number of carbonyl (C=O) groups excluding carboxylic acids is 2. The Labute approximate surface area is 254 Å². The summed E-state index contributed by atoms with van der Waals surface area (Å²) in [5.41, 5.74) is 3.90. The summed E-state index contributed by atoms with van der Waals surface area (Å²) in [4.78, 5) is 34.5. The van der Waals surface area contributed by atoms with Gasteiger partial charge >= 0.3 is 6.09 Å². The number of aromatic amines is 1. The van der Waals surface area contributed by atoms with Gasteiger partial charge in [0, 0.05) is 67.8 Å². The van der Waals surface area contributed by atoms with Crippen LogP contribution < -0.4 is 9.47 Å². The standard InChI is InChI=1S/C33H34ClFN4O4/c1-22(40)38-18-16-37(17-19-38)14-2-20-42-26-8-3-23(4-9-26)32-31-28(29-21-24(34)5-12-30(29)36-31)13-15-39(32)33(41)43-27-10-6-25(35)7-11-27/h3-12,21,32,36H,2,13-20H2,1H3. The number of hydrogen-bond acceptors (Lipinski definition) is 5. The third-order valence-corrected chi connectivity index (χ3v) is 8.48. The molecule has 0 spiro atoms. The number of fused-ring (bicyclic) bond motifs is 3. The molecule has 10 heteroatoms. The molecule has 1 saturated heterocycles. The van der Waals surface area contributed by atoms with Crippen LogP contribution in [0.5, 0.6) is 11.5 Å². The molecule has 1 aromatic heterocycles. The molecule has 0 bridgehead atoms. The Bertz CT molecular complexity index is 1600. The fourth-order valence-corrected chi connectivity index (χ4v) is 6.15. The van der Waals surface area contributed by atoms with Gasteiger partial charge in [-0.25, -0.2) is 9.18 Å². The monoisotopic (exact) mass is 604 g/mol. The second kappa shape index (κ2) is 12.7. The third-order valence-electron chi connectivity index (χ3n) is 8.24. The second-order valence-electron chi connectivity index (χ2n) is 11.0. The number of aromatic nitrogens is 1. The first-order valence-corrected chi connectivity index (χ1v) is 15.0. The van der Waals surface area contributed by atoms with Gasteiger partial charge < -0.3 is 19.4 Å². The lowest BCUT2D eigenvalue weighted by Gasteiger charge is -2.35. The van der Waals surface area contributed by atoms with Gasteiger partial charge in [0.2, 0.25) is 5.91 Å². The van der Waals surface area contributed by atoms with Crippen LogP contribution in [0.25, 0.3) is 10.9 Å². The number of rotatable bonds is 7. The van der Waals surface area contributed by atoms with E-state index >= 15 is 0 Å². The van der Waals surface area contributed by atoms with E-state index in [0.29, 0.717) is 24.6 Å². The molecule has 0 radical (unpaired) electrons. The van der Waals surface area contributed by atoms with Gasteiger partial charge in [-0.3, -0.25) is 14.6 Å². The lowest BCUT2D eigenvalue weighted by Crippen LogP contribution is -2.48. The Morgan fingerprint density at radius 3 is 2.40 bits per heavy atom. The van der Waals surface area contributed by atoms with Crippen LogP contribution in [-0.2, 0) is 11.2 Å². The molecule has 6 rings (SSSR count). The molecule has 43 heavy (non-hydrogen) atoms. The molecule has 0 aliphatic carbocycles. The predicted octanol–water partition coefficient (Wildman–Crippen LogP) is 6.04. The minimum atomic E-state index is -0.511. The van der Waals surface area contributed by atoms with Crippen molar-refractivity contribution < 1.29 is 23.5 Å². The highest BCUT2D eigenvalue weighted by Crippen LogP contribution is 2.40. The van der Waals surface area contributed by atoms with E-state index in [-0.39, 0.29) is 11.7 Å². The smallest absolute Gasteiger partial charge is 0.416 e. The van der Waals surface area contributed by atoms with E-state index in [1.807, 2.05) is 47.4 Å². The average Bonchev–Trinajstić information content (AvgIpc) is 3.38. The van der Waals surface area contributed by atoms with Crippen molar-refractivity contribution in [2.24, 2.45) is 0 Å². The molecule has 2 aliphatic heterocycles. The van der Waals surface area contributed by atoms with Gasteiger partial charge in [0.05, 0.1) is 6.61 Å². The zero-order valence-electron chi connectivity index (χ0n) is 24.0. The first-order valence-electron chi connectivity index (χ1n) is 14.6. The van der Waals surface area contributed by atoms with Crippen molar-refractivity contribution in [3.63, 3.8) is 0 Å². The molecule has 4 aromatic rings. The number of carbonyl (C=O) groups is 2. The lowest BCUT2D eigenvalue weighted by atomic mass is 9.92. The number of nitrogens with zero attached hydrogens (tertiary/aromatic N) is 3. The number of hydrogen-bond donors (Lipinski definition) is 1. The highest BCUT2D eigenvalue weighted by molar-refractivity contribution is 6.31. The Balaban J connectivity index is 1.16. The minimum Gasteiger partial charge on any atom is -0.494 e. The minimum absolute atomic E-state index is 0.137. The molecule has 2 amide bonds. The highest BCUT2D eigenvalue weighted by Gasteiger charge is 2.36. The maximum Gasteiger partial charge on any atom is 0.416 e. The quantitative estimate of drug-likeness (QED) is 0.260. The van der Waals surface area contributed by atoms with Gasteiger partial charge in [-0.2, -0.15) is 0 Å². The van der Waals surface area contributed by atoms with E-state index < -0.39 is 18.0 Å².